The third-order valence-corrected chi connectivity index (χ3v) is 2.18. The highest BCUT2D eigenvalue weighted by Crippen LogP contribution is 2.27. The Bertz CT molecular complexity index is 460. The zero-order valence-electron chi connectivity index (χ0n) is 8.24. The fraction of sp³-hybridized carbons (Fsp3) is 0.182. The maximum Gasteiger partial charge on any atom is 0.228 e. The van der Waals surface area contributed by atoms with Crippen molar-refractivity contribution in [3.05, 3.63) is 35.7 Å². The second-order valence-electron chi connectivity index (χ2n) is 3.31. The molecule has 72 valence electrons. The molecule has 1 aromatic heterocycles. The average molecular weight is 188 g/mol. The van der Waals surface area contributed by atoms with Gasteiger partial charge < -0.3 is 10.2 Å². The minimum atomic E-state index is 0.587. The quantitative estimate of drug-likeness (QED) is 0.699. The van der Waals surface area contributed by atoms with Gasteiger partial charge in [-0.1, -0.05) is 12.1 Å². The number of nitrogen functional groups attached to an aromatic ring is 1. The number of benzene rings is 1. The second kappa shape index (κ2) is 3.18. The molecule has 0 saturated carbocycles. The average Bonchev–Trinajstić information content (AvgIpc) is 2.57. The standard InChI is InChI=1S/C11H12N2O/c1-7-4-3-5-9(10(7)12)11-13-6-8(2)14-11/h3-6H,12H2,1-2H3. The van der Waals surface area contributed by atoms with Crippen molar-refractivity contribution in [2.45, 2.75) is 13.8 Å². The lowest BCUT2D eigenvalue weighted by Gasteiger charge is -2.03. The molecule has 2 rings (SSSR count). The van der Waals surface area contributed by atoms with Crippen molar-refractivity contribution in [3.63, 3.8) is 0 Å². The van der Waals surface area contributed by atoms with Crippen LogP contribution in [0.5, 0.6) is 0 Å². The first kappa shape index (κ1) is 8.81. The number of aryl methyl sites for hydroxylation is 2. The fourth-order valence-electron chi connectivity index (χ4n) is 1.35. The van der Waals surface area contributed by atoms with Crippen molar-refractivity contribution in [2.24, 2.45) is 0 Å². The molecule has 0 bridgehead atoms. The summed E-state index contributed by atoms with van der Waals surface area (Å²) in [6.45, 7) is 3.83. The number of hydrogen-bond acceptors (Lipinski definition) is 3. The molecule has 2 N–H and O–H groups in total. The van der Waals surface area contributed by atoms with Crippen LogP contribution in [0.1, 0.15) is 11.3 Å². The summed E-state index contributed by atoms with van der Waals surface area (Å²) < 4.78 is 5.41. The van der Waals surface area contributed by atoms with Gasteiger partial charge in [0.25, 0.3) is 0 Å². The zero-order chi connectivity index (χ0) is 10.1. The Morgan fingerprint density at radius 3 is 2.71 bits per heavy atom. The lowest BCUT2D eigenvalue weighted by Crippen LogP contribution is -1.93. The van der Waals surface area contributed by atoms with Crippen LogP contribution in [0.4, 0.5) is 5.69 Å². The molecule has 1 aromatic carbocycles. The Labute approximate surface area is 82.6 Å². The highest BCUT2D eigenvalue weighted by molar-refractivity contribution is 5.73. The maximum atomic E-state index is 5.92. The molecule has 0 aliphatic heterocycles. The van der Waals surface area contributed by atoms with Gasteiger partial charge in [0, 0.05) is 5.69 Å². The summed E-state index contributed by atoms with van der Waals surface area (Å²) in [4.78, 5) is 4.14. The van der Waals surface area contributed by atoms with Crippen molar-refractivity contribution >= 4 is 5.69 Å². The van der Waals surface area contributed by atoms with Gasteiger partial charge in [0.15, 0.2) is 0 Å². The summed E-state index contributed by atoms with van der Waals surface area (Å²) in [5.41, 5.74) is 8.55. The number of anilines is 1. The summed E-state index contributed by atoms with van der Waals surface area (Å²) >= 11 is 0. The van der Waals surface area contributed by atoms with Crippen molar-refractivity contribution in [1.82, 2.24) is 4.98 Å². The molecule has 0 spiro atoms. The van der Waals surface area contributed by atoms with Crippen LogP contribution >= 0.6 is 0 Å². The Morgan fingerprint density at radius 2 is 2.07 bits per heavy atom. The minimum Gasteiger partial charge on any atom is -0.441 e. The zero-order valence-corrected chi connectivity index (χ0v) is 8.24. The van der Waals surface area contributed by atoms with E-state index in [9.17, 15) is 0 Å². The van der Waals surface area contributed by atoms with Crippen molar-refractivity contribution in [2.75, 3.05) is 5.73 Å². The topological polar surface area (TPSA) is 52.0 Å². The van der Waals surface area contributed by atoms with E-state index in [2.05, 4.69) is 4.98 Å². The predicted octanol–water partition coefficient (Wildman–Crippen LogP) is 2.54. The number of aromatic nitrogens is 1. The molecular weight excluding hydrogens is 176 g/mol. The van der Waals surface area contributed by atoms with E-state index in [1.54, 1.807) is 6.20 Å². The number of hydrogen-bond donors (Lipinski definition) is 1. The molecule has 0 radical (unpaired) electrons. The van der Waals surface area contributed by atoms with Crippen LogP contribution < -0.4 is 5.73 Å². The van der Waals surface area contributed by atoms with Crippen LogP contribution in [0.2, 0.25) is 0 Å². The smallest absolute Gasteiger partial charge is 0.228 e. The largest absolute Gasteiger partial charge is 0.441 e. The molecule has 0 amide bonds. The highest BCUT2D eigenvalue weighted by Gasteiger charge is 2.08. The van der Waals surface area contributed by atoms with Crippen molar-refractivity contribution in [1.29, 1.82) is 0 Å². The first-order valence-electron chi connectivity index (χ1n) is 4.46. The van der Waals surface area contributed by atoms with Gasteiger partial charge in [0.05, 0.1) is 11.8 Å². The molecule has 14 heavy (non-hydrogen) atoms. The van der Waals surface area contributed by atoms with Crippen LogP contribution in [-0.2, 0) is 0 Å². The fourth-order valence-corrected chi connectivity index (χ4v) is 1.35. The monoisotopic (exact) mass is 188 g/mol. The third kappa shape index (κ3) is 1.37. The van der Waals surface area contributed by atoms with Crippen molar-refractivity contribution < 1.29 is 4.42 Å². The van der Waals surface area contributed by atoms with Crippen LogP contribution in [0.15, 0.2) is 28.8 Å². The van der Waals surface area contributed by atoms with Gasteiger partial charge in [-0.25, -0.2) is 4.98 Å². The summed E-state index contributed by atoms with van der Waals surface area (Å²) in [6, 6.07) is 5.82. The van der Waals surface area contributed by atoms with Gasteiger partial charge in [-0.2, -0.15) is 0 Å². The molecule has 0 atom stereocenters. The van der Waals surface area contributed by atoms with E-state index in [1.807, 2.05) is 32.0 Å². The molecule has 3 nitrogen and oxygen atoms in total. The molecule has 3 heteroatoms. The number of oxazole rings is 1. The van der Waals surface area contributed by atoms with E-state index in [0.29, 0.717) is 5.89 Å². The SMILES string of the molecule is Cc1cnc(-c2cccc(C)c2N)o1. The van der Waals surface area contributed by atoms with Gasteiger partial charge >= 0.3 is 0 Å². The van der Waals surface area contributed by atoms with E-state index >= 15 is 0 Å². The van der Waals surface area contributed by atoms with Crippen LogP contribution in [0.25, 0.3) is 11.5 Å². The molecule has 0 unspecified atom stereocenters. The van der Waals surface area contributed by atoms with Crippen LogP contribution in [-0.4, -0.2) is 4.98 Å². The number of para-hydroxylation sites is 1. The Kier molecular flexibility index (Phi) is 2.00. The maximum absolute atomic E-state index is 5.92. The number of nitrogens with two attached hydrogens (primary N) is 1. The Balaban J connectivity index is 2.57. The first-order valence-corrected chi connectivity index (χ1v) is 4.46. The van der Waals surface area contributed by atoms with E-state index in [-0.39, 0.29) is 0 Å². The lowest BCUT2D eigenvalue weighted by atomic mass is 10.1. The van der Waals surface area contributed by atoms with E-state index in [1.165, 1.54) is 0 Å². The Hall–Kier alpha value is -1.77. The minimum absolute atomic E-state index is 0.587. The molecule has 0 aliphatic carbocycles. The van der Waals surface area contributed by atoms with Crippen molar-refractivity contribution in [3.8, 4) is 11.5 Å². The highest BCUT2D eigenvalue weighted by atomic mass is 16.4. The summed E-state index contributed by atoms with van der Waals surface area (Å²) in [6.07, 6.45) is 1.69. The first-order chi connectivity index (χ1) is 6.68. The predicted molar refractivity (Wildman–Crippen MR) is 55.8 cm³/mol. The van der Waals surface area contributed by atoms with Gasteiger partial charge in [-0.15, -0.1) is 0 Å². The summed E-state index contributed by atoms with van der Waals surface area (Å²) in [5.74, 6) is 1.38. The molecular formula is C11H12N2O. The lowest BCUT2D eigenvalue weighted by molar-refractivity contribution is 0.543. The van der Waals surface area contributed by atoms with Gasteiger partial charge in [0.1, 0.15) is 5.76 Å². The van der Waals surface area contributed by atoms with Crippen LogP contribution in [0.3, 0.4) is 0 Å². The van der Waals surface area contributed by atoms with E-state index in [0.717, 1.165) is 22.6 Å². The molecule has 1 heterocycles. The van der Waals surface area contributed by atoms with E-state index in [4.69, 9.17) is 10.2 Å². The number of rotatable bonds is 1. The molecule has 0 fully saturated rings. The number of nitrogens with zero attached hydrogens (tertiary/aromatic N) is 1. The van der Waals surface area contributed by atoms with E-state index < -0.39 is 0 Å². The van der Waals surface area contributed by atoms with Crippen LogP contribution in [0, 0.1) is 13.8 Å². The van der Waals surface area contributed by atoms with Gasteiger partial charge in [0.2, 0.25) is 5.89 Å². The second-order valence-corrected chi connectivity index (χ2v) is 3.31. The molecule has 0 aliphatic rings. The normalized spacial score (nSPS) is 10.4. The van der Waals surface area contributed by atoms with Gasteiger partial charge in [-0.05, 0) is 25.5 Å². The molecule has 0 saturated heterocycles. The Morgan fingerprint density at radius 1 is 1.29 bits per heavy atom. The molecule has 2 aromatic rings. The summed E-state index contributed by atoms with van der Waals surface area (Å²) in [7, 11) is 0. The summed E-state index contributed by atoms with van der Waals surface area (Å²) in [5, 5.41) is 0. The van der Waals surface area contributed by atoms with Gasteiger partial charge in [-0.3, -0.25) is 0 Å². The third-order valence-electron chi connectivity index (χ3n) is 2.18.